The average molecular weight is 384 g/mol. The normalized spacial score (nSPS) is 25.2. The minimum Gasteiger partial charge on any atom is -0.395 e. The Morgan fingerprint density at radius 3 is 2.22 bits per heavy atom. The number of nitrogens with zero attached hydrogens (tertiary/aromatic N) is 3. The van der Waals surface area contributed by atoms with Gasteiger partial charge in [-0.3, -0.25) is 9.80 Å². The maximum Gasteiger partial charge on any atom is 0.0623 e. The van der Waals surface area contributed by atoms with Crippen molar-refractivity contribution < 1.29 is 9.84 Å². The van der Waals surface area contributed by atoms with Crippen molar-refractivity contribution in [2.45, 2.75) is 90.4 Å². The van der Waals surface area contributed by atoms with Crippen molar-refractivity contribution in [1.82, 2.24) is 14.7 Å². The highest BCUT2D eigenvalue weighted by Gasteiger charge is 2.38. The fourth-order valence-electron chi connectivity index (χ4n) is 4.47. The van der Waals surface area contributed by atoms with E-state index in [1.165, 1.54) is 25.9 Å². The first-order chi connectivity index (χ1) is 12.7. The first-order valence-corrected chi connectivity index (χ1v) is 11.2. The zero-order valence-electron chi connectivity index (χ0n) is 18.8. The Bertz CT molecular complexity index is 433. The molecular formula is C22H45N3O2. The van der Waals surface area contributed by atoms with Gasteiger partial charge < -0.3 is 14.7 Å². The Hall–Kier alpha value is -0.200. The Kier molecular flexibility index (Phi) is 8.56. The first-order valence-electron chi connectivity index (χ1n) is 11.2. The number of likely N-dealkylation sites (tertiary alicyclic amines) is 1. The van der Waals surface area contributed by atoms with Gasteiger partial charge in [-0.25, -0.2) is 0 Å². The summed E-state index contributed by atoms with van der Waals surface area (Å²) in [6, 6.07) is 0.910. The van der Waals surface area contributed by atoms with Crippen LogP contribution in [0.15, 0.2) is 0 Å². The molecule has 0 aromatic heterocycles. The van der Waals surface area contributed by atoms with E-state index in [1.54, 1.807) is 0 Å². The summed E-state index contributed by atoms with van der Waals surface area (Å²) < 4.78 is 6.10. The third kappa shape index (κ3) is 6.40. The van der Waals surface area contributed by atoms with Gasteiger partial charge in [0.2, 0.25) is 0 Å². The van der Waals surface area contributed by atoms with Crippen molar-refractivity contribution in [3.63, 3.8) is 0 Å². The van der Waals surface area contributed by atoms with Gasteiger partial charge in [0.15, 0.2) is 0 Å². The molecule has 0 aromatic carbocycles. The molecule has 27 heavy (non-hydrogen) atoms. The molecular weight excluding hydrogens is 338 g/mol. The summed E-state index contributed by atoms with van der Waals surface area (Å²) in [5.41, 5.74) is 0.0741. The van der Waals surface area contributed by atoms with Crippen LogP contribution >= 0.6 is 0 Å². The second kappa shape index (κ2) is 10.0. The molecule has 0 saturated carbocycles. The van der Waals surface area contributed by atoms with Crippen LogP contribution in [0.1, 0.15) is 67.2 Å². The molecule has 2 aliphatic rings. The lowest BCUT2D eigenvalue weighted by molar-refractivity contribution is -0.0623. The summed E-state index contributed by atoms with van der Waals surface area (Å²) in [5.74, 6) is 0. The molecule has 0 aromatic rings. The molecule has 0 spiro atoms. The lowest BCUT2D eigenvalue weighted by Crippen LogP contribution is -2.63. The molecule has 0 amide bonds. The Labute approximate surface area is 168 Å². The number of rotatable bonds is 9. The van der Waals surface area contributed by atoms with E-state index in [0.29, 0.717) is 6.04 Å². The predicted molar refractivity (Wildman–Crippen MR) is 113 cm³/mol. The van der Waals surface area contributed by atoms with Gasteiger partial charge in [0.1, 0.15) is 0 Å². The second-order valence-corrected chi connectivity index (χ2v) is 9.71. The third-order valence-corrected chi connectivity index (χ3v) is 7.13. The SMILES string of the molecule is CCN1CCC(N2CCN(C(C)(C)CCOC(C)(C)CC)CC2CO)CC1. The number of aliphatic hydroxyl groups is 1. The summed E-state index contributed by atoms with van der Waals surface area (Å²) in [6.07, 6.45) is 4.56. The average Bonchev–Trinajstić information content (AvgIpc) is 2.67. The van der Waals surface area contributed by atoms with Gasteiger partial charge in [-0.1, -0.05) is 13.8 Å². The van der Waals surface area contributed by atoms with Gasteiger partial charge in [-0.15, -0.1) is 0 Å². The smallest absolute Gasteiger partial charge is 0.0623 e. The van der Waals surface area contributed by atoms with E-state index in [4.69, 9.17) is 4.74 Å². The summed E-state index contributed by atoms with van der Waals surface area (Å²) >= 11 is 0. The zero-order chi connectivity index (χ0) is 20.1. The van der Waals surface area contributed by atoms with E-state index < -0.39 is 0 Å². The van der Waals surface area contributed by atoms with Crippen LogP contribution in [0.5, 0.6) is 0 Å². The van der Waals surface area contributed by atoms with Gasteiger partial charge in [-0.05, 0) is 73.0 Å². The largest absolute Gasteiger partial charge is 0.395 e. The molecule has 2 saturated heterocycles. The first kappa shape index (κ1) is 23.1. The van der Waals surface area contributed by atoms with Crippen molar-refractivity contribution in [3.05, 3.63) is 0 Å². The van der Waals surface area contributed by atoms with Crippen LogP contribution in [-0.4, -0.2) is 95.5 Å². The lowest BCUT2D eigenvalue weighted by Gasteiger charge is -2.51. The lowest BCUT2D eigenvalue weighted by atomic mass is 9.94. The molecule has 2 rings (SSSR count). The summed E-state index contributed by atoms with van der Waals surface area (Å²) in [5, 5.41) is 10.1. The molecule has 2 heterocycles. The molecule has 1 atom stereocenters. The van der Waals surface area contributed by atoms with Crippen LogP contribution in [0.2, 0.25) is 0 Å². The molecule has 0 radical (unpaired) electrons. The Morgan fingerprint density at radius 1 is 1.00 bits per heavy atom. The van der Waals surface area contributed by atoms with Crippen molar-refractivity contribution >= 4 is 0 Å². The van der Waals surface area contributed by atoms with Crippen molar-refractivity contribution in [2.75, 3.05) is 52.5 Å². The highest BCUT2D eigenvalue weighted by Crippen LogP contribution is 2.27. The predicted octanol–water partition coefficient (Wildman–Crippen LogP) is 2.82. The van der Waals surface area contributed by atoms with Crippen LogP contribution in [0, 0.1) is 0 Å². The van der Waals surface area contributed by atoms with Crippen LogP contribution < -0.4 is 0 Å². The van der Waals surface area contributed by atoms with Gasteiger partial charge in [-0.2, -0.15) is 0 Å². The molecule has 1 N–H and O–H groups in total. The van der Waals surface area contributed by atoms with E-state index in [-0.39, 0.29) is 23.8 Å². The molecule has 2 fully saturated rings. The van der Waals surface area contributed by atoms with Crippen molar-refractivity contribution in [2.24, 2.45) is 0 Å². The van der Waals surface area contributed by atoms with Crippen LogP contribution in [0.4, 0.5) is 0 Å². The zero-order valence-corrected chi connectivity index (χ0v) is 18.8. The highest BCUT2D eigenvalue weighted by molar-refractivity contribution is 4.93. The number of ether oxygens (including phenoxy) is 1. The monoisotopic (exact) mass is 383 g/mol. The van der Waals surface area contributed by atoms with Gasteiger partial charge in [0.25, 0.3) is 0 Å². The van der Waals surface area contributed by atoms with E-state index in [1.807, 2.05) is 0 Å². The number of hydrogen-bond donors (Lipinski definition) is 1. The van der Waals surface area contributed by atoms with Crippen LogP contribution in [0.25, 0.3) is 0 Å². The van der Waals surface area contributed by atoms with E-state index >= 15 is 0 Å². The number of piperidine rings is 1. The second-order valence-electron chi connectivity index (χ2n) is 9.71. The minimum absolute atomic E-state index is 0.0320. The quantitative estimate of drug-likeness (QED) is 0.663. The summed E-state index contributed by atoms with van der Waals surface area (Å²) in [7, 11) is 0. The molecule has 2 aliphatic heterocycles. The van der Waals surface area contributed by atoms with Gasteiger partial charge in [0, 0.05) is 43.9 Å². The van der Waals surface area contributed by atoms with Crippen LogP contribution in [0.3, 0.4) is 0 Å². The standard InChI is InChI=1S/C22H45N3O2/c1-7-22(5,6)27-16-11-21(3,4)24-14-15-25(20(17-24)18-26)19-9-12-23(8-2)13-10-19/h19-20,26H,7-18H2,1-6H3. The van der Waals surface area contributed by atoms with Crippen LogP contribution in [-0.2, 0) is 4.74 Å². The molecule has 5 heteroatoms. The maximum atomic E-state index is 10.1. The third-order valence-electron chi connectivity index (χ3n) is 7.13. The summed E-state index contributed by atoms with van der Waals surface area (Å²) in [6.45, 7) is 21.2. The fourth-order valence-corrected chi connectivity index (χ4v) is 4.47. The number of hydrogen-bond acceptors (Lipinski definition) is 5. The minimum atomic E-state index is -0.0320. The van der Waals surface area contributed by atoms with E-state index in [0.717, 1.165) is 45.6 Å². The van der Waals surface area contributed by atoms with Crippen molar-refractivity contribution in [1.29, 1.82) is 0 Å². The maximum absolute atomic E-state index is 10.1. The fraction of sp³-hybridized carbons (Fsp3) is 1.00. The Balaban J connectivity index is 1.87. The van der Waals surface area contributed by atoms with Crippen molar-refractivity contribution in [3.8, 4) is 0 Å². The topological polar surface area (TPSA) is 39.2 Å². The van der Waals surface area contributed by atoms with Gasteiger partial charge in [0.05, 0.1) is 12.2 Å². The molecule has 0 bridgehead atoms. The van der Waals surface area contributed by atoms with E-state index in [9.17, 15) is 5.11 Å². The van der Waals surface area contributed by atoms with Gasteiger partial charge >= 0.3 is 0 Å². The highest BCUT2D eigenvalue weighted by atomic mass is 16.5. The van der Waals surface area contributed by atoms with E-state index in [2.05, 4.69) is 56.2 Å². The number of aliphatic hydroxyl groups excluding tert-OH is 1. The Morgan fingerprint density at radius 2 is 1.67 bits per heavy atom. The molecule has 0 aliphatic carbocycles. The molecule has 1 unspecified atom stereocenters. The molecule has 5 nitrogen and oxygen atoms in total. The molecule has 160 valence electrons. The number of piperazine rings is 1. The summed E-state index contributed by atoms with van der Waals surface area (Å²) in [4.78, 5) is 7.73.